The molecule has 6 heteroatoms. The monoisotopic (exact) mass is 245 g/mol. The van der Waals surface area contributed by atoms with E-state index in [0.29, 0.717) is 6.54 Å². The second-order valence-electron chi connectivity index (χ2n) is 3.89. The number of nitrogens with one attached hydrogen (secondary N) is 1. The van der Waals surface area contributed by atoms with E-state index in [1.54, 1.807) is 6.92 Å². The molecule has 1 aromatic heterocycles. The van der Waals surface area contributed by atoms with Crippen LogP contribution in [0.15, 0.2) is 6.33 Å². The fourth-order valence-corrected chi connectivity index (χ4v) is 1.51. The van der Waals surface area contributed by atoms with Crippen molar-refractivity contribution in [2.24, 2.45) is 0 Å². The van der Waals surface area contributed by atoms with Gasteiger partial charge in [0, 0.05) is 6.54 Å². The zero-order valence-electron chi connectivity index (χ0n) is 10.5. The number of imidazole rings is 1. The van der Waals surface area contributed by atoms with Gasteiger partial charge in [0.25, 0.3) is 0 Å². The summed E-state index contributed by atoms with van der Waals surface area (Å²) < 4.78 is 1.42. The standard InChI is InChI=1S/C12H15N5O/c1-3-4-5-15-12(18)9(2)17-8-16-10(6-13)11(17)7-14/h8-9H,3-5H2,1-2H3,(H,15,18). The Labute approximate surface area is 106 Å². The van der Waals surface area contributed by atoms with E-state index in [1.807, 2.05) is 19.1 Å². The molecule has 6 nitrogen and oxygen atoms in total. The van der Waals surface area contributed by atoms with Crippen molar-refractivity contribution in [1.29, 1.82) is 10.5 Å². The van der Waals surface area contributed by atoms with Gasteiger partial charge in [0.2, 0.25) is 5.91 Å². The summed E-state index contributed by atoms with van der Waals surface area (Å²) in [4.78, 5) is 15.6. The smallest absolute Gasteiger partial charge is 0.242 e. The highest BCUT2D eigenvalue weighted by Crippen LogP contribution is 2.13. The molecule has 1 aromatic rings. The quantitative estimate of drug-likeness (QED) is 0.786. The topological polar surface area (TPSA) is 94.5 Å². The molecule has 18 heavy (non-hydrogen) atoms. The summed E-state index contributed by atoms with van der Waals surface area (Å²) in [6, 6.07) is 3.17. The van der Waals surface area contributed by atoms with Gasteiger partial charge in [-0.3, -0.25) is 4.79 Å². The number of unbranched alkanes of at least 4 members (excludes halogenated alkanes) is 1. The zero-order valence-corrected chi connectivity index (χ0v) is 10.5. The van der Waals surface area contributed by atoms with Crippen LogP contribution in [0.1, 0.15) is 44.1 Å². The van der Waals surface area contributed by atoms with E-state index >= 15 is 0 Å². The lowest BCUT2D eigenvalue weighted by Crippen LogP contribution is -2.31. The van der Waals surface area contributed by atoms with Gasteiger partial charge in [-0.15, -0.1) is 0 Å². The Hall–Kier alpha value is -2.34. The van der Waals surface area contributed by atoms with Crippen molar-refractivity contribution in [3.05, 3.63) is 17.7 Å². The molecule has 1 unspecified atom stereocenters. The Morgan fingerprint density at radius 3 is 2.83 bits per heavy atom. The third kappa shape index (κ3) is 2.86. The fourth-order valence-electron chi connectivity index (χ4n) is 1.51. The molecule has 1 atom stereocenters. The lowest BCUT2D eigenvalue weighted by atomic mass is 10.2. The minimum atomic E-state index is -0.550. The first-order chi connectivity index (χ1) is 8.65. The Morgan fingerprint density at radius 1 is 1.56 bits per heavy atom. The predicted molar refractivity (Wildman–Crippen MR) is 64.3 cm³/mol. The molecule has 1 amide bonds. The van der Waals surface area contributed by atoms with Crippen LogP contribution in [-0.4, -0.2) is 22.0 Å². The third-order valence-corrected chi connectivity index (χ3v) is 2.63. The molecule has 94 valence electrons. The van der Waals surface area contributed by atoms with Gasteiger partial charge in [-0.2, -0.15) is 10.5 Å². The average molecular weight is 245 g/mol. The number of carbonyl (C=O) groups excluding carboxylic acids is 1. The third-order valence-electron chi connectivity index (χ3n) is 2.63. The van der Waals surface area contributed by atoms with Gasteiger partial charge < -0.3 is 9.88 Å². The van der Waals surface area contributed by atoms with E-state index in [1.165, 1.54) is 10.9 Å². The first kappa shape index (κ1) is 13.7. The normalized spacial score (nSPS) is 11.3. The molecule has 0 spiro atoms. The molecule has 1 N–H and O–H groups in total. The number of hydrogen-bond acceptors (Lipinski definition) is 4. The van der Waals surface area contributed by atoms with Crippen LogP contribution in [0.4, 0.5) is 0 Å². The zero-order chi connectivity index (χ0) is 13.5. The molecule has 1 rings (SSSR count). The van der Waals surface area contributed by atoms with Gasteiger partial charge >= 0.3 is 0 Å². The molecule has 0 aromatic carbocycles. The van der Waals surface area contributed by atoms with Gasteiger partial charge in [0.1, 0.15) is 18.2 Å². The Bertz CT molecular complexity index is 506. The lowest BCUT2D eigenvalue weighted by molar-refractivity contribution is -0.123. The molecule has 0 saturated carbocycles. The van der Waals surface area contributed by atoms with Crippen LogP contribution >= 0.6 is 0 Å². The van der Waals surface area contributed by atoms with Crippen LogP contribution < -0.4 is 5.32 Å². The van der Waals surface area contributed by atoms with E-state index in [4.69, 9.17) is 10.5 Å². The molecule has 0 saturated heterocycles. The van der Waals surface area contributed by atoms with Crippen molar-refractivity contribution in [2.75, 3.05) is 6.54 Å². The number of hydrogen-bond donors (Lipinski definition) is 1. The van der Waals surface area contributed by atoms with E-state index < -0.39 is 6.04 Å². The molecule has 0 fully saturated rings. The molecular formula is C12H15N5O. The summed E-state index contributed by atoms with van der Waals surface area (Å²) in [5, 5.41) is 20.5. The summed E-state index contributed by atoms with van der Waals surface area (Å²) >= 11 is 0. The lowest BCUT2D eigenvalue weighted by Gasteiger charge is -2.13. The summed E-state index contributed by atoms with van der Waals surface area (Å²) in [5.74, 6) is -0.179. The van der Waals surface area contributed by atoms with Crippen molar-refractivity contribution >= 4 is 5.91 Å². The second-order valence-corrected chi connectivity index (χ2v) is 3.89. The Morgan fingerprint density at radius 2 is 2.28 bits per heavy atom. The number of amides is 1. The van der Waals surface area contributed by atoms with Crippen LogP contribution in [-0.2, 0) is 4.79 Å². The highest BCUT2D eigenvalue weighted by Gasteiger charge is 2.20. The van der Waals surface area contributed by atoms with E-state index in [9.17, 15) is 4.79 Å². The van der Waals surface area contributed by atoms with Gasteiger partial charge in [-0.25, -0.2) is 4.98 Å². The molecule has 0 aliphatic rings. The molecule has 0 bridgehead atoms. The van der Waals surface area contributed by atoms with Crippen molar-refractivity contribution < 1.29 is 4.79 Å². The summed E-state index contributed by atoms with van der Waals surface area (Å²) in [7, 11) is 0. The molecule has 0 radical (unpaired) electrons. The number of aromatic nitrogens is 2. The van der Waals surface area contributed by atoms with Crippen LogP contribution in [0.2, 0.25) is 0 Å². The number of nitrogens with zero attached hydrogens (tertiary/aromatic N) is 4. The maximum atomic E-state index is 11.8. The van der Waals surface area contributed by atoms with Crippen LogP contribution in [0, 0.1) is 22.7 Å². The maximum absolute atomic E-state index is 11.8. The Kier molecular flexibility index (Phi) is 4.89. The fraction of sp³-hybridized carbons (Fsp3) is 0.500. The second kappa shape index (κ2) is 6.41. The van der Waals surface area contributed by atoms with E-state index in [-0.39, 0.29) is 17.3 Å². The molecule has 0 aliphatic heterocycles. The van der Waals surface area contributed by atoms with Gasteiger partial charge in [-0.05, 0) is 13.3 Å². The van der Waals surface area contributed by atoms with E-state index in [2.05, 4.69) is 10.3 Å². The van der Waals surface area contributed by atoms with Gasteiger partial charge in [-0.1, -0.05) is 13.3 Å². The number of nitriles is 2. The van der Waals surface area contributed by atoms with Gasteiger partial charge in [0.15, 0.2) is 11.4 Å². The van der Waals surface area contributed by atoms with Crippen LogP contribution in [0.5, 0.6) is 0 Å². The first-order valence-electron chi connectivity index (χ1n) is 5.80. The van der Waals surface area contributed by atoms with Crippen molar-refractivity contribution in [2.45, 2.75) is 32.7 Å². The molecule has 0 aliphatic carbocycles. The van der Waals surface area contributed by atoms with Crippen molar-refractivity contribution in [1.82, 2.24) is 14.9 Å². The first-order valence-corrected chi connectivity index (χ1v) is 5.80. The van der Waals surface area contributed by atoms with Crippen LogP contribution in [0.3, 0.4) is 0 Å². The summed E-state index contributed by atoms with van der Waals surface area (Å²) in [6.07, 6.45) is 3.26. The minimum Gasteiger partial charge on any atom is -0.354 e. The minimum absolute atomic E-state index is 0.0470. The summed E-state index contributed by atoms with van der Waals surface area (Å²) in [5.41, 5.74) is 0.168. The molecular weight excluding hydrogens is 230 g/mol. The maximum Gasteiger partial charge on any atom is 0.242 e. The highest BCUT2D eigenvalue weighted by molar-refractivity contribution is 5.80. The predicted octanol–water partition coefficient (Wildman–Crippen LogP) is 1.10. The van der Waals surface area contributed by atoms with Crippen molar-refractivity contribution in [3.8, 4) is 12.1 Å². The van der Waals surface area contributed by atoms with Crippen LogP contribution in [0.25, 0.3) is 0 Å². The largest absolute Gasteiger partial charge is 0.354 e. The van der Waals surface area contributed by atoms with Crippen molar-refractivity contribution in [3.63, 3.8) is 0 Å². The van der Waals surface area contributed by atoms with Gasteiger partial charge in [0.05, 0.1) is 6.33 Å². The average Bonchev–Trinajstić information content (AvgIpc) is 2.80. The Balaban J connectivity index is 2.82. The SMILES string of the molecule is CCCCNC(=O)C(C)n1cnc(C#N)c1C#N. The number of carbonyl (C=O) groups is 1. The highest BCUT2D eigenvalue weighted by atomic mass is 16.2. The molecule has 1 heterocycles. The van der Waals surface area contributed by atoms with E-state index in [0.717, 1.165) is 12.8 Å². The number of rotatable bonds is 5. The summed E-state index contributed by atoms with van der Waals surface area (Å²) in [6.45, 7) is 4.32.